The van der Waals surface area contributed by atoms with E-state index in [9.17, 15) is 15.0 Å². The van der Waals surface area contributed by atoms with Crippen molar-refractivity contribution in [3.63, 3.8) is 0 Å². The van der Waals surface area contributed by atoms with Crippen LogP contribution < -0.4 is 9.84 Å². The van der Waals surface area contributed by atoms with Crippen molar-refractivity contribution in [3.8, 4) is 5.75 Å². The average molecular weight is 497 g/mol. The molecule has 1 amide bonds. The molecule has 0 saturated carbocycles. The lowest BCUT2D eigenvalue weighted by Crippen LogP contribution is -2.51. The molecule has 0 aliphatic carbocycles. The van der Waals surface area contributed by atoms with Gasteiger partial charge in [0.1, 0.15) is 18.4 Å². The lowest BCUT2D eigenvalue weighted by molar-refractivity contribution is -0.268. The number of rotatable bonds is 8. The second-order valence-electron chi connectivity index (χ2n) is 9.45. The predicted molar refractivity (Wildman–Crippen MR) is 140 cm³/mol. The van der Waals surface area contributed by atoms with Crippen LogP contribution in [0.3, 0.4) is 0 Å². The van der Waals surface area contributed by atoms with Gasteiger partial charge in [0.25, 0.3) is 0 Å². The molecular formula is C31H30NO5-. The first-order valence-electron chi connectivity index (χ1n) is 12.6. The quantitative estimate of drug-likeness (QED) is 0.385. The maximum Gasteiger partial charge on any atom is 0.137 e. The first kappa shape index (κ1) is 24.8. The minimum absolute atomic E-state index is 0.0105. The molecule has 1 aliphatic rings. The van der Waals surface area contributed by atoms with E-state index in [0.717, 1.165) is 38.8 Å². The zero-order chi connectivity index (χ0) is 25.6. The van der Waals surface area contributed by atoms with E-state index in [1.54, 1.807) is 0 Å². The van der Waals surface area contributed by atoms with Gasteiger partial charge in [-0.3, -0.25) is 0 Å². The average Bonchev–Trinajstić information content (AvgIpc) is 2.95. The Hall–Kier alpha value is -3.87. The largest absolute Gasteiger partial charge is 0.530 e. The van der Waals surface area contributed by atoms with Crippen LogP contribution in [0.1, 0.15) is 34.6 Å². The van der Waals surface area contributed by atoms with Crippen molar-refractivity contribution in [2.75, 3.05) is 13.1 Å². The van der Waals surface area contributed by atoms with E-state index in [1.807, 2.05) is 78.9 Å². The summed E-state index contributed by atoms with van der Waals surface area (Å²) in [6.45, 7) is 1.36. The molecular weight excluding hydrogens is 466 g/mol. The summed E-state index contributed by atoms with van der Waals surface area (Å²) < 4.78 is 12.6. The Balaban J connectivity index is 1.38. The summed E-state index contributed by atoms with van der Waals surface area (Å²) in [5.41, 5.74) is 3.91. The number of ether oxygens (including phenoxy) is 2. The second kappa shape index (κ2) is 11.5. The van der Waals surface area contributed by atoms with Crippen LogP contribution in [0, 0.1) is 0 Å². The SMILES string of the molecule is O=C([O-])N1CCC(c2cccc(CO)c2)C(OCc2cc(OCc3ccccc3)c3ccccc3c2)C1. The maximum atomic E-state index is 11.6. The van der Waals surface area contributed by atoms with Crippen LogP contribution in [0.5, 0.6) is 5.75 Å². The topological polar surface area (TPSA) is 82.1 Å². The fraction of sp³-hybridized carbons (Fsp3) is 0.258. The predicted octanol–water partition coefficient (Wildman–Crippen LogP) is 4.63. The van der Waals surface area contributed by atoms with Gasteiger partial charge >= 0.3 is 0 Å². The normalized spacial score (nSPS) is 17.6. The Morgan fingerprint density at radius 2 is 1.68 bits per heavy atom. The number of benzene rings is 4. The molecule has 6 heteroatoms. The molecule has 0 spiro atoms. The number of carboxylic acid groups (broad SMARTS) is 1. The van der Waals surface area contributed by atoms with Gasteiger partial charge in [0.15, 0.2) is 0 Å². The molecule has 1 aliphatic heterocycles. The van der Waals surface area contributed by atoms with Crippen molar-refractivity contribution in [2.24, 2.45) is 0 Å². The molecule has 1 heterocycles. The minimum Gasteiger partial charge on any atom is -0.530 e. The van der Waals surface area contributed by atoms with Gasteiger partial charge < -0.3 is 29.4 Å². The molecule has 0 aromatic heterocycles. The van der Waals surface area contributed by atoms with Gasteiger partial charge in [0.2, 0.25) is 0 Å². The van der Waals surface area contributed by atoms with Gasteiger partial charge in [-0.1, -0.05) is 78.9 Å². The number of hydrogen-bond donors (Lipinski definition) is 1. The fourth-order valence-corrected chi connectivity index (χ4v) is 5.03. The van der Waals surface area contributed by atoms with Gasteiger partial charge in [0.05, 0.1) is 19.3 Å². The van der Waals surface area contributed by atoms with Gasteiger partial charge in [-0.05, 0) is 46.2 Å². The smallest absolute Gasteiger partial charge is 0.137 e. The first-order valence-corrected chi connectivity index (χ1v) is 12.6. The minimum atomic E-state index is -1.18. The van der Waals surface area contributed by atoms with Gasteiger partial charge in [-0.2, -0.15) is 0 Å². The first-order chi connectivity index (χ1) is 18.1. The number of hydrogen-bond acceptors (Lipinski definition) is 5. The molecule has 1 fully saturated rings. The third-order valence-electron chi connectivity index (χ3n) is 6.96. The maximum absolute atomic E-state index is 11.6. The summed E-state index contributed by atoms with van der Waals surface area (Å²) in [6.07, 6.45) is -0.907. The Bertz CT molecular complexity index is 1360. The van der Waals surface area contributed by atoms with Crippen LogP contribution in [0.25, 0.3) is 10.8 Å². The zero-order valence-electron chi connectivity index (χ0n) is 20.6. The van der Waals surface area contributed by atoms with Crippen LogP contribution in [-0.2, 0) is 24.6 Å². The summed E-state index contributed by atoms with van der Waals surface area (Å²) in [6, 6.07) is 30.0. The van der Waals surface area contributed by atoms with Crippen LogP contribution in [0.15, 0.2) is 91.0 Å². The summed E-state index contributed by atoms with van der Waals surface area (Å²) in [7, 11) is 0. The Morgan fingerprint density at radius 1 is 0.892 bits per heavy atom. The monoisotopic (exact) mass is 496 g/mol. The van der Waals surface area contributed by atoms with Crippen LogP contribution in [-0.4, -0.2) is 35.3 Å². The molecule has 37 heavy (non-hydrogen) atoms. The highest BCUT2D eigenvalue weighted by atomic mass is 16.5. The van der Waals surface area contributed by atoms with E-state index in [0.29, 0.717) is 26.2 Å². The molecule has 190 valence electrons. The zero-order valence-corrected chi connectivity index (χ0v) is 20.6. The van der Waals surface area contributed by atoms with E-state index >= 15 is 0 Å². The molecule has 0 radical (unpaired) electrons. The standard InChI is InChI=1S/C31H31NO5/c33-19-23-9-6-11-26(15-23)28-13-14-32(31(34)35)18-30(28)37-21-24-16-25-10-4-5-12-27(25)29(17-24)36-20-22-7-2-1-3-8-22/h1-12,15-17,28,30,33H,13-14,18-21H2,(H,34,35)/p-1. The summed E-state index contributed by atoms with van der Waals surface area (Å²) >= 11 is 0. The van der Waals surface area contributed by atoms with E-state index in [4.69, 9.17) is 9.47 Å². The van der Waals surface area contributed by atoms with Crippen molar-refractivity contribution < 1.29 is 24.5 Å². The molecule has 1 saturated heterocycles. The number of piperidine rings is 1. The molecule has 4 aromatic carbocycles. The summed E-state index contributed by atoms with van der Waals surface area (Å²) in [5.74, 6) is 0.795. The Kier molecular flexibility index (Phi) is 7.68. The van der Waals surface area contributed by atoms with E-state index < -0.39 is 6.09 Å². The van der Waals surface area contributed by atoms with Gasteiger partial charge in [-0.25, -0.2) is 0 Å². The number of amides is 1. The van der Waals surface area contributed by atoms with Crippen molar-refractivity contribution in [2.45, 2.75) is 38.3 Å². The second-order valence-corrected chi connectivity index (χ2v) is 9.45. The third kappa shape index (κ3) is 5.93. The fourth-order valence-electron chi connectivity index (χ4n) is 5.03. The molecule has 2 unspecified atom stereocenters. The molecule has 5 rings (SSSR count). The number of fused-ring (bicyclic) bond motifs is 1. The van der Waals surface area contributed by atoms with E-state index in [-0.39, 0.29) is 25.2 Å². The molecule has 6 nitrogen and oxygen atoms in total. The highest BCUT2D eigenvalue weighted by Gasteiger charge is 2.31. The summed E-state index contributed by atoms with van der Waals surface area (Å²) in [4.78, 5) is 12.9. The highest BCUT2D eigenvalue weighted by molar-refractivity contribution is 5.89. The van der Waals surface area contributed by atoms with Crippen molar-refractivity contribution in [1.82, 2.24) is 4.90 Å². The number of aliphatic hydroxyl groups excluding tert-OH is 1. The lowest BCUT2D eigenvalue weighted by Gasteiger charge is -2.40. The number of carbonyl (C=O) groups is 1. The highest BCUT2D eigenvalue weighted by Crippen LogP contribution is 2.33. The van der Waals surface area contributed by atoms with Gasteiger partial charge in [0, 0.05) is 24.4 Å². The lowest BCUT2D eigenvalue weighted by atomic mass is 9.86. The van der Waals surface area contributed by atoms with Gasteiger partial charge in [-0.15, -0.1) is 0 Å². The molecule has 4 aromatic rings. The van der Waals surface area contributed by atoms with Crippen LogP contribution in [0.2, 0.25) is 0 Å². The number of nitrogens with zero attached hydrogens (tertiary/aromatic N) is 1. The molecule has 1 N–H and O–H groups in total. The van der Waals surface area contributed by atoms with E-state index in [2.05, 4.69) is 12.1 Å². The van der Waals surface area contributed by atoms with Crippen molar-refractivity contribution in [1.29, 1.82) is 0 Å². The summed E-state index contributed by atoms with van der Waals surface area (Å²) in [5, 5.41) is 23.3. The number of aliphatic hydroxyl groups is 1. The van der Waals surface area contributed by atoms with Crippen LogP contribution in [0.4, 0.5) is 4.79 Å². The van der Waals surface area contributed by atoms with Crippen molar-refractivity contribution in [3.05, 3.63) is 113 Å². The van der Waals surface area contributed by atoms with E-state index in [1.165, 1.54) is 4.90 Å². The number of carbonyl (C=O) groups excluding carboxylic acids is 1. The molecule has 2 atom stereocenters. The Morgan fingerprint density at radius 3 is 2.49 bits per heavy atom. The van der Waals surface area contributed by atoms with Crippen molar-refractivity contribution >= 4 is 16.9 Å². The third-order valence-corrected chi connectivity index (χ3v) is 6.96. The number of likely N-dealkylation sites (tertiary alicyclic amines) is 1. The molecule has 0 bridgehead atoms. The van der Waals surface area contributed by atoms with Crippen LogP contribution >= 0.6 is 0 Å². The Labute approximate surface area is 216 Å².